The lowest BCUT2D eigenvalue weighted by molar-refractivity contribution is -0.123. The quantitative estimate of drug-likeness (QED) is 0.350. The second kappa shape index (κ2) is 10.6. The second-order valence-electron chi connectivity index (χ2n) is 8.08. The Balaban J connectivity index is 1.40. The lowest BCUT2D eigenvalue weighted by atomic mass is 10.1. The third kappa shape index (κ3) is 5.39. The fraction of sp³-hybridized carbons (Fsp3) is 0.185. The minimum atomic E-state index is -1.10. The molecule has 1 N–H and O–H groups in total. The van der Waals surface area contributed by atoms with Gasteiger partial charge in [0, 0.05) is 10.7 Å². The van der Waals surface area contributed by atoms with Crippen LogP contribution in [0.25, 0.3) is 0 Å². The number of ether oxygens (including phenoxy) is 2. The summed E-state index contributed by atoms with van der Waals surface area (Å²) in [7, 11) is 0. The number of esters is 1. The van der Waals surface area contributed by atoms with Crippen molar-refractivity contribution in [2.45, 2.75) is 26.5 Å². The van der Waals surface area contributed by atoms with Gasteiger partial charge in [0.05, 0.1) is 29.8 Å². The number of hydrogen-bond donors (Lipinski definition) is 1. The van der Waals surface area contributed by atoms with E-state index in [0.717, 1.165) is 10.5 Å². The minimum absolute atomic E-state index is 0.0592. The number of benzene rings is 3. The highest BCUT2D eigenvalue weighted by molar-refractivity contribution is 6.30. The maximum Gasteiger partial charge on any atom is 0.338 e. The molecule has 0 bridgehead atoms. The summed E-state index contributed by atoms with van der Waals surface area (Å²) < 4.78 is 10.7. The van der Waals surface area contributed by atoms with Gasteiger partial charge in [0.15, 0.2) is 6.10 Å². The molecule has 1 atom stereocenters. The number of amides is 3. The molecule has 0 radical (unpaired) electrons. The minimum Gasteiger partial charge on any atom is -0.494 e. The summed E-state index contributed by atoms with van der Waals surface area (Å²) in [5.41, 5.74) is 1.63. The zero-order valence-corrected chi connectivity index (χ0v) is 20.4. The van der Waals surface area contributed by atoms with Gasteiger partial charge >= 0.3 is 5.97 Å². The molecule has 3 amide bonds. The number of hydrogen-bond acceptors (Lipinski definition) is 6. The lowest BCUT2D eigenvalue weighted by Gasteiger charge is -2.14. The second-order valence-corrected chi connectivity index (χ2v) is 8.51. The van der Waals surface area contributed by atoms with Crippen molar-refractivity contribution >= 4 is 41.0 Å². The Kier molecular flexibility index (Phi) is 7.36. The van der Waals surface area contributed by atoms with E-state index < -0.39 is 29.8 Å². The third-order valence-corrected chi connectivity index (χ3v) is 5.80. The van der Waals surface area contributed by atoms with Crippen LogP contribution in [-0.2, 0) is 16.1 Å². The van der Waals surface area contributed by atoms with Gasteiger partial charge in [-0.05, 0) is 74.0 Å². The summed E-state index contributed by atoms with van der Waals surface area (Å²) in [5.74, 6) is -1.60. The first kappa shape index (κ1) is 24.9. The topological polar surface area (TPSA) is 102 Å². The van der Waals surface area contributed by atoms with Gasteiger partial charge in [-0.15, -0.1) is 0 Å². The number of nitrogens with zero attached hydrogens (tertiary/aromatic N) is 1. The van der Waals surface area contributed by atoms with Crippen molar-refractivity contribution < 1.29 is 28.7 Å². The average molecular weight is 507 g/mol. The van der Waals surface area contributed by atoms with Gasteiger partial charge < -0.3 is 14.8 Å². The van der Waals surface area contributed by atoms with Gasteiger partial charge in [0.2, 0.25) is 0 Å². The zero-order chi connectivity index (χ0) is 25.8. The van der Waals surface area contributed by atoms with E-state index in [2.05, 4.69) is 5.32 Å². The van der Waals surface area contributed by atoms with Crippen LogP contribution < -0.4 is 10.1 Å². The van der Waals surface area contributed by atoms with E-state index in [1.54, 1.807) is 48.5 Å². The Morgan fingerprint density at radius 1 is 0.944 bits per heavy atom. The van der Waals surface area contributed by atoms with Gasteiger partial charge in [0.1, 0.15) is 5.75 Å². The zero-order valence-electron chi connectivity index (χ0n) is 19.6. The molecule has 0 fully saturated rings. The van der Waals surface area contributed by atoms with Crippen LogP contribution in [0.5, 0.6) is 5.75 Å². The first-order valence-electron chi connectivity index (χ1n) is 11.3. The van der Waals surface area contributed by atoms with E-state index in [1.165, 1.54) is 25.1 Å². The largest absolute Gasteiger partial charge is 0.494 e. The van der Waals surface area contributed by atoms with Gasteiger partial charge in [-0.3, -0.25) is 19.3 Å². The van der Waals surface area contributed by atoms with Crippen molar-refractivity contribution in [1.82, 2.24) is 4.90 Å². The molecule has 1 heterocycles. The van der Waals surface area contributed by atoms with Crippen molar-refractivity contribution in [3.8, 4) is 5.75 Å². The van der Waals surface area contributed by atoms with Crippen LogP contribution in [0.3, 0.4) is 0 Å². The van der Waals surface area contributed by atoms with Crippen LogP contribution in [0, 0.1) is 0 Å². The number of imide groups is 1. The normalized spacial score (nSPS) is 13.2. The van der Waals surface area contributed by atoms with Crippen molar-refractivity contribution in [3.63, 3.8) is 0 Å². The summed E-state index contributed by atoms with van der Waals surface area (Å²) in [4.78, 5) is 51.9. The number of halogens is 1. The Morgan fingerprint density at radius 3 is 2.28 bits per heavy atom. The number of rotatable bonds is 8. The number of carbonyl (C=O) groups is 4. The number of carbonyl (C=O) groups excluding carboxylic acids is 4. The fourth-order valence-electron chi connectivity index (χ4n) is 3.66. The molecule has 9 heteroatoms. The van der Waals surface area contributed by atoms with Gasteiger partial charge in [0.25, 0.3) is 17.7 Å². The third-order valence-electron chi connectivity index (χ3n) is 5.55. The van der Waals surface area contributed by atoms with Crippen molar-refractivity contribution in [2.75, 3.05) is 11.9 Å². The van der Waals surface area contributed by atoms with Crippen LogP contribution in [0.2, 0.25) is 5.02 Å². The van der Waals surface area contributed by atoms with Gasteiger partial charge in [-0.1, -0.05) is 23.7 Å². The van der Waals surface area contributed by atoms with Gasteiger partial charge in [-0.2, -0.15) is 0 Å². The predicted molar refractivity (Wildman–Crippen MR) is 133 cm³/mol. The molecule has 3 aromatic rings. The molecule has 1 aliphatic rings. The molecule has 0 saturated heterocycles. The molecule has 8 nitrogen and oxygen atoms in total. The first-order valence-corrected chi connectivity index (χ1v) is 11.6. The lowest BCUT2D eigenvalue weighted by Crippen LogP contribution is -2.30. The molecular formula is C27H23ClN2O6. The molecule has 0 aromatic heterocycles. The monoisotopic (exact) mass is 506 g/mol. The number of anilines is 1. The molecule has 4 rings (SSSR count). The highest BCUT2D eigenvalue weighted by Crippen LogP contribution is 2.26. The number of nitrogens with one attached hydrogen (secondary N) is 1. The Hall–Kier alpha value is -4.17. The molecule has 36 heavy (non-hydrogen) atoms. The van der Waals surface area contributed by atoms with Crippen LogP contribution >= 0.6 is 11.6 Å². The van der Waals surface area contributed by atoms with Crippen molar-refractivity contribution in [1.29, 1.82) is 0 Å². The molecule has 1 aliphatic heterocycles. The predicted octanol–water partition coefficient (Wildman–Crippen LogP) is 4.72. The Bertz CT molecular complexity index is 1320. The Morgan fingerprint density at radius 2 is 1.61 bits per heavy atom. The fourth-order valence-corrected chi connectivity index (χ4v) is 3.79. The van der Waals surface area contributed by atoms with Crippen LogP contribution in [0.4, 0.5) is 5.69 Å². The van der Waals surface area contributed by atoms with Gasteiger partial charge in [-0.25, -0.2) is 4.79 Å². The molecular weight excluding hydrogens is 484 g/mol. The summed E-state index contributed by atoms with van der Waals surface area (Å²) in [5, 5.41) is 3.22. The standard InChI is InChI=1S/C27H23ClN2O6/c1-3-35-21-11-9-20(10-12-21)29-24(31)16(2)36-27(34)18-6-13-22-23(14-18)26(33)30(25(22)32)15-17-4-7-19(28)8-5-17/h4-14,16H,3,15H2,1-2H3,(H,29,31). The summed E-state index contributed by atoms with van der Waals surface area (Å²) in [6.07, 6.45) is -1.10. The van der Waals surface area contributed by atoms with E-state index >= 15 is 0 Å². The molecule has 0 saturated carbocycles. The van der Waals surface area contributed by atoms with E-state index in [1.807, 2.05) is 6.92 Å². The summed E-state index contributed by atoms with van der Waals surface area (Å²) in [6, 6.07) is 17.7. The van der Waals surface area contributed by atoms with E-state index in [0.29, 0.717) is 23.1 Å². The van der Waals surface area contributed by atoms with E-state index in [4.69, 9.17) is 21.1 Å². The van der Waals surface area contributed by atoms with Crippen LogP contribution in [0.15, 0.2) is 66.7 Å². The highest BCUT2D eigenvalue weighted by Gasteiger charge is 2.36. The highest BCUT2D eigenvalue weighted by atomic mass is 35.5. The van der Waals surface area contributed by atoms with Crippen LogP contribution in [-0.4, -0.2) is 41.3 Å². The SMILES string of the molecule is CCOc1ccc(NC(=O)C(C)OC(=O)c2ccc3c(c2)C(=O)N(Cc2ccc(Cl)cc2)C3=O)cc1. The summed E-state index contributed by atoms with van der Waals surface area (Å²) >= 11 is 5.90. The summed E-state index contributed by atoms with van der Waals surface area (Å²) in [6.45, 7) is 3.92. The first-order chi connectivity index (χ1) is 17.3. The van der Waals surface area contributed by atoms with E-state index in [9.17, 15) is 19.2 Å². The van der Waals surface area contributed by atoms with Crippen molar-refractivity contribution in [2.24, 2.45) is 0 Å². The molecule has 184 valence electrons. The van der Waals surface area contributed by atoms with Crippen molar-refractivity contribution in [3.05, 3.63) is 94.0 Å². The molecule has 0 aliphatic carbocycles. The molecule has 3 aromatic carbocycles. The molecule has 1 unspecified atom stereocenters. The average Bonchev–Trinajstić information content (AvgIpc) is 3.10. The Labute approximate surface area is 212 Å². The van der Waals surface area contributed by atoms with E-state index in [-0.39, 0.29) is 23.2 Å². The number of fused-ring (bicyclic) bond motifs is 1. The maximum absolute atomic E-state index is 12.9. The maximum atomic E-state index is 12.9. The molecule has 0 spiro atoms. The van der Waals surface area contributed by atoms with Crippen LogP contribution in [0.1, 0.15) is 50.5 Å². The smallest absolute Gasteiger partial charge is 0.338 e.